The maximum absolute atomic E-state index is 12.0. The van der Waals surface area contributed by atoms with Crippen molar-refractivity contribution in [3.63, 3.8) is 0 Å². The fraction of sp³-hybridized carbons (Fsp3) is 0.429. The van der Waals surface area contributed by atoms with E-state index in [-0.39, 0.29) is 0 Å². The minimum atomic E-state index is -0.581. The number of hydrogen-bond acceptors (Lipinski definition) is 4. The number of amides is 2. The Morgan fingerprint density at radius 3 is 2.60 bits per heavy atom. The number of carbonyl (C=O) groups is 2. The third kappa shape index (κ3) is 3.48. The monoisotopic (exact) mass is 276 g/mol. The summed E-state index contributed by atoms with van der Waals surface area (Å²) in [4.78, 5) is 27.5. The summed E-state index contributed by atoms with van der Waals surface area (Å²) in [6.45, 7) is 2.61. The molecule has 1 saturated heterocycles. The predicted molar refractivity (Wildman–Crippen MR) is 78.8 cm³/mol. The summed E-state index contributed by atoms with van der Waals surface area (Å²) in [7, 11) is 3.85. The van der Waals surface area contributed by atoms with E-state index in [1.165, 1.54) is 0 Å². The number of piperazine rings is 1. The van der Waals surface area contributed by atoms with E-state index < -0.39 is 11.8 Å². The predicted octanol–water partition coefficient (Wildman–Crippen LogP) is 0.123. The van der Waals surface area contributed by atoms with Crippen LogP contribution in [0.2, 0.25) is 0 Å². The van der Waals surface area contributed by atoms with Crippen molar-refractivity contribution in [1.82, 2.24) is 10.2 Å². The Hall–Kier alpha value is -2.08. The Morgan fingerprint density at radius 2 is 1.95 bits per heavy atom. The van der Waals surface area contributed by atoms with E-state index in [1.54, 1.807) is 11.0 Å². The summed E-state index contributed by atoms with van der Waals surface area (Å²) in [5.74, 6) is -1.05. The maximum atomic E-state index is 12.0. The Kier molecular flexibility index (Phi) is 4.57. The summed E-state index contributed by atoms with van der Waals surface area (Å²) in [6, 6.07) is 7.40. The third-order valence-electron chi connectivity index (χ3n) is 3.22. The molecule has 1 aromatic rings. The number of carbonyl (C=O) groups excluding carboxylic acids is 2. The van der Waals surface area contributed by atoms with E-state index in [4.69, 9.17) is 0 Å². The highest BCUT2D eigenvalue weighted by Crippen LogP contribution is 2.17. The van der Waals surface area contributed by atoms with Crippen LogP contribution in [0.3, 0.4) is 0 Å². The zero-order valence-electron chi connectivity index (χ0n) is 11.8. The number of anilines is 2. The van der Waals surface area contributed by atoms with Crippen LogP contribution in [-0.2, 0) is 9.59 Å². The molecule has 2 rings (SSSR count). The third-order valence-corrected chi connectivity index (χ3v) is 3.22. The topological polar surface area (TPSA) is 64.7 Å². The molecule has 0 radical (unpaired) electrons. The van der Waals surface area contributed by atoms with Gasteiger partial charge in [-0.1, -0.05) is 6.07 Å². The van der Waals surface area contributed by atoms with Gasteiger partial charge in [-0.3, -0.25) is 9.59 Å². The van der Waals surface area contributed by atoms with Crippen molar-refractivity contribution in [2.24, 2.45) is 0 Å². The van der Waals surface area contributed by atoms with E-state index in [1.807, 2.05) is 37.2 Å². The van der Waals surface area contributed by atoms with Gasteiger partial charge in [0, 0.05) is 51.6 Å². The van der Waals surface area contributed by atoms with Crippen LogP contribution in [0, 0.1) is 0 Å². The SMILES string of the molecule is CN(C)c1cccc(NC(=O)C(=O)N2CCNCC2)c1. The van der Waals surface area contributed by atoms with Crippen LogP contribution in [0.1, 0.15) is 0 Å². The normalized spacial score (nSPS) is 14.8. The van der Waals surface area contributed by atoms with Crippen LogP contribution < -0.4 is 15.5 Å². The van der Waals surface area contributed by atoms with Gasteiger partial charge in [-0.15, -0.1) is 0 Å². The van der Waals surface area contributed by atoms with Crippen LogP contribution in [0.5, 0.6) is 0 Å². The van der Waals surface area contributed by atoms with Gasteiger partial charge >= 0.3 is 11.8 Å². The average molecular weight is 276 g/mol. The van der Waals surface area contributed by atoms with E-state index in [2.05, 4.69) is 10.6 Å². The second-order valence-electron chi connectivity index (χ2n) is 4.94. The summed E-state index contributed by atoms with van der Waals surface area (Å²) < 4.78 is 0. The van der Waals surface area contributed by atoms with Crippen molar-refractivity contribution >= 4 is 23.2 Å². The van der Waals surface area contributed by atoms with Gasteiger partial charge < -0.3 is 20.4 Å². The standard InChI is InChI=1S/C14H20N4O2/c1-17(2)12-5-3-4-11(10-12)16-13(19)14(20)18-8-6-15-7-9-18/h3-5,10,15H,6-9H2,1-2H3,(H,16,19). The molecule has 6 heteroatoms. The van der Waals surface area contributed by atoms with Crippen LogP contribution in [0.4, 0.5) is 11.4 Å². The number of nitrogens with one attached hydrogen (secondary N) is 2. The van der Waals surface area contributed by atoms with Gasteiger partial charge in [0.15, 0.2) is 0 Å². The zero-order valence-corrected chi connectivity index (χ0v) is 11.8. The summed E-state index contributed by atoms with van der Waals surface area (Å²) in [5, 5.41) is 5.80. The lowest BCUT2D eigenvalue weighted by molar-refractivity contribution is -0.143. The van der Waals surface area contributed by atoms with Gasteiger partial charge in [-0.25, -0.2) is 0 Å². The van der Waals surface area contributed by atoms with Crippen molar-refractivity contribution in [2.75, 3.05) is 50.5 Å². The molecule has 2 amide bonds. The van der Waals surface area contributed by atoms with E-state index >= 15 is 0 Å². The molecule has 0 bridgehead atoms. The molecular weight excluding hydrogens is 256 g/mol. The first kappa shape index (κ1) is 14.3. The Bertz CT molecular complexity index is 496. The lowest BCUT2D eigenvalue weighted by atomic mass is 10.2. The molecule has 2 N–H and O–H groups in total. The largest absolute Gasteiger partial charge is 0.378 e. The Morgan fingerprint density at radius 1 is 1.25 bits per heavy atom. The first-order valence-electron chi connectivity index (χ1n) is 6.66. The van der Waals surface area contributed by atoms with Gasteiger partial charge in [0.1, 0.15) is 0 Å². The van der Waals surface area contributed by atoms with Crippen LogP contribution >= 0.6 is 0 Å². The lowest BCUT2D eigenvalue weighted by Gasteiger charge is -2.26. The Labute approximate surface area is 118 Å². The van der Waals surface area contributed by atoms with Gasteiger partial charge in [0.25, 0.3) is 0 Å². The number of nitrogens with zero attached hydrogens (tertiary/aromatic N) is 2. The van der Waals surface area contributed by atoms with E-state index in [0.717, 1.165) is 18.8 Å². The molecule has 1 aliphatic rings. The maximum Gasteiger partial charge on any atom is 0.313 e. The molecule has 0 unspecified atom stereocenters. The van der Waals surface area contributed by atoms with Gasteiger partial charge in [-0.05, 0) is 18.2 Å². The highest BCUT2D eigenvalue weighted by atomic mass is 16.2. The summed E-state index contributed by atoms with van der Waals surface area (Å²) >= 11 is 0. The van der Waals surface area contributed by atoms with Crippen LogP contribution in [0.15, 0.2) is 24.3 Å². The minimum absolute atomic E-state index is 0.471. The number of hydrogen-bond donors (Lipinski definition) is 2. The lowest BCUT2D eigenvalue weighted by Crippen LogP contribution is -2.49. The second kappa shape index (κ2) is 6.38. The molecule has 1 aromatic carbocycles. The molecule has 108 valence electrons. The molecule has 1 heterocycles. The molecule has 0 saturated carbocycles. The highest BCUT2D eigenvalue weighted by molar-refractivity contribution is 6.39. The molecule has 0 aliphatic carbocycles. The molecule has 0 aromatic heterocycles. The smallest absolute Gasteiger partial charge is 0.313 e. The van der Waals surface area contributed by atoms with E-state index in [0.29, 0.717) is 18.8 Å². The van der Waals surface area contributed by atoms with Crippen molar-refractivity contribution in [2.45, 2.75) is 0 Å². The molecule has 20 heavy (non-hydrogen) atoms. The molecular formula is C14H20N4O2. The molecule has 0 spiro atoms. The number of rotatable bonds is 2. The zero-order chi connectivity index (χ0) is 14.5. The number of benzene rings is 1. The van der Waals surface area contributed by atoms with E-state index in [9.17, 15) is 9.59 Å². The quantitative estimate of drug-likeness (QED) is 0.753. The summed E-state index contributed by atoms with van der Waals surface area (Å²) in [5.41, 5.74) is 1.60. The fourth-order valence-electron chi connectivity index (χ4n) is 2.06. The van der Waals surface area contributed by atoms with Crippen molar-refractivity contribution in [3.05, 3.63) is 24.3 Å². The second-order valence-corrected chi connectivity index (χ2v) is 4.94. The molecule has 1 fully saturated rings. The highest BCUT2D eigenvalue weighted by Gasteiger charge is 2.23. The van der Waals surface area contributed by atoms with Crippen molar-refractivity contribution < 1.29 is 9.59 Å². The first-order chi connectivity index (χ1) is 9.58. The van der Waals surface area contributed by atoms with Gasteiger partial charge in [0.2, 0.25) is 0 Å². The average Bonchev–Trinajstić information content (AvgIpc) is 2.47. The van der Waals surface area contributed by atoms with Crippen LogP contribution in [0.25, 0.3) is 0 Å². The molecule has 6 nitrogen and oxygen atoms in total. The molecule has 0 atom stereocenters. The summed E-state index contributed by atoms with van der Waals surface area (Å²) in [6.07, 6.45) is 0. The first-order valence-corrected chi connectivity index (χ1v) is 6.66. The van der Waals surface area contributed by atoms with Gasteiger partial charge in [0.05, 0.1) is 0 Å². The Balaban J connectivity index is 2.00. The van der Waals surface area contributed by atoms with Gasteiger partial charge in [-0.2, -0.15) is 0 Å². The van der Waals surface area contributed by atoms with Crippen molar-refractivity contribution in [3.8, 4) is 0 Å². The minimum Gasteiger partial charge on any atom is -0.378 e. The molecule has 1 aliphatic heterocycles. The fourth-order valence-corrected chi connectivity index (χ4v) is 2.06. The van der Waals surface area contributed by atoms with Crippen LogP contribution in [-0.4, -0.2) is 57.0 Å². The van der Waals surface area contributed by atoms with Crippen molar-refractivity contribution in [1.29, 1.82) is 0 Å².